The van der Waals surface area contributed by atoms with Gasteiger partial charge in [-0.2, -0.15) is 0 Å². The Morgan fingerprint density at radius 2 is 0.944 bits per heavy atom. The Kier molecular flexibility index (Phi) is 8.24. The quantitative estimate of drug-likeness (QED) is 0.195. The summed E-state index contributed by atoms with van der Waals surface area (Å²) in [4.78, 5) is 22.1. The van der Waals surface area contributed by atoms with E-state index < -0.39 is 9.85 Å². The average molecular weight is 492 g/mol. The van der Waals surface area contributed by atoms with Gasteiger partial charge in [0.2, 0.25) is 0 Å². The number of nitro groups is 2. The Labute approximate surface area is 207 Å². The van der Waals surface area contributed by atoms with Gasteiger partial charge in [0.05, 0.1) is 55.5 Å². The maximum atomic E-state index is 11.7. The number of nitro benzene ring substituents is 2. The molecule has 0 bridgehead atoms. The molecule has 0 fully saturated rings. The number of nitrogens with zero attached hydrogens (tertiary/aromatic N) is 2. The summed E-state index contributed by atoms with van der Waals surface area (Å²) < 4.78 is 21.0. The smallest absolute Gasteiger partial charge is 0.283 e. The first-order valence-electron chi connectivity index (χ1n) is 10.6. The van der Waals surface area contributed by atoms with Crippen molar-refractivity contribution in [3.63, 3.8) is 0 Å². The summed E-state index contributed by atoms with van der Waals surface area (Å²) in [5.74, 6) is 2.07. The number of methoxy groups -OCH3 is 4. The zero-order chi connectivity index (χ0) is 26.2. The average Bonchev–Trinajstić information content (AvgIpc) is 2.89. The minimum Gasteiger partial charge on any atom is -0.493 e. The van der Waals surface area contributed by atoms with Gasteiger partial charge in [-0.1, -0.05) is 24.3 Å². The highest BCUT2D eigenvalue weighted by Crippen LogP contribution is 2.34. The van der Waals surface area contributed by atoms with Gasteiger partial charge in [-0.3, -0.25) is 20.2 Å². The van der Waals surface area contributed by atoms with Crippen molar-refractivity contribution in [1.29, 1.82) is 0 Å². The third kappa shape index (κ3) is 5.79. The fraction of sp³-hybridized carbons (Fsp3) is 0.154. The molecule has 3 aromatic rings. The molecule has 0 atom stereocenters. The van der Waals surface area contributed by atoms with E-state index in [9.17, 15) is 20.2 Å². The van der Waals surface area contributed by atoms with Gasteiger partial charge < -0.3 is 18.9 Å². The second kappa shape index (κ2) is 11.5. The van der Waals surface area contributed by atoms with Crippen LogP contribution in [-0.4, -0.2) is 38.3 Å². The minimum atomic E-state index is -0.650. The van der Waals surface area contributed by atoms with Crippen molar-refractivity contribution < 1.29 is 28.8 Å². The molecule has 0 aromatic heterocycles. The molecular formula is C26H24N2O8. The lowest BCUT2D eigenvalue weighted by Crippen LogP contribution is -1.98. The molecule has 3 aromatic carbocycles. The Balaban J connectivity index is 2.06. The van der Waals surface area contributed by atoms with Crippen LogP contribution in [0.5, 0.6) is 23.0 Å². The molecule has 0 saturated carbocycles. The minimum absolute atomic E-state index is 0.201. The molecule has 36 heavy (non-hydrogen) atoms. The predicted molar refractivity (Wildman–Crippen MR) is 137 cm³/mol. The van der Waals surface area contributed by atoms with Gasteiger partial charge >= 0.3 is 0 Å². The summed E-state index contributed by atoms with van der Waals surface area (Å²) in [5, 5.41) is 23.4. The summed E-state index contributed by atoms with van der Waals surface area (Å²) in [6.07, 6.45) is 6.35. The molecular weight excluding hydrogens is 468 g/mol. The number of ether oxygens (including phenoxy) is 4. The molecule has 0 unspecified atom stereocenters. The predicted octanol–water partition coefficient (Wildman–Crippen LogP) is 5.88. The second-order valence-corrected chi connectivity index (χ2v) is 7.38. The Morgan fingerprint density at radius 3 is 1.28 bits per heavy atom. The molecule has 0 aliphatic rings. The molecule has 0 N–H and O–H groups in total. The highest BCUT2D eigenvalue weighted by Gasteiger charge is 2.22. The second-order valence-electron chi connectivity index (χ2n) is 7.38. The highest BCUT2D eigenvalue weighted by molar-refractivity contribution is 5.82. The first kappa shape index (κ1) is 25.8. The lowest BCUT2D eigenvalue weighted by molar-refractivity contribution is -0.394. The fourth-order valence-electron chi connectivity index (χ4n) is 3.48. The van der Waals surface area contributed by atoms with Crippen LogP contribution < -0.4 is 18.9 Å². The zero-order valence-electron chi connectivity index (χ0n) is 20.1. The van der Waals surface area contributed by atoms with Crippen molar-refractivity contribution in [3.05, 3.63) is 91.0 Å². The molecule has 3 rings (SSSR count). The Morgan fingerprint density at radius 1 is 0.556 bits per heavy atom. The van der Waals surface area contributed by atoms with Crippen LogP contribution in [0.4, 0.5) is 11.4 Å². The van der Waals surface area contributed by atoms with Crippen molar-refractivity contribution in [2.75, 3.05) is 28.4 Å². The van der Waals surface area contributed by atoms with Crippen molar-refractivity contribution >= 4 is 35.7 Å². The van der Waals surface area contributed by atoms with E-state index in [1.807, 2.05) is 0 Å². The first-order chi connectivity index (χ1) is 17.3. The Hall–Kier alpha value is -4.86. The maximum absolute atomic E-state index is 11.7. The zero-order valence-corrected chi connectivity index (χ0v) is 20.1. The normalized spacial score (nSPS) is 11.0. The Bertz CT molecular complexity index is 1250. The van der Waals surface area contributed by atoms with Gasteiger partial charge in [0, 0.05) is 0 Å². The lowest BCUT2D eigenvalue weighted by atomic mass is 10.0. The maximum Gasteiger partial charge on any atom is 0.283 e. The molecule has 0 spiro atoms. The summed E-state index contributed by atoms with van der Waals surface area (Å²) in [6.45, 7) is 0. The van der Waals surface area contributed by atoms with E-state index in [-0.39, 0.29) is 22.5 Å². The standard InChI is InChI=1S/C26H24N2O8/c1-33-23-11-7-17(13-25(23)35-3)5-9-19-15-20(22(28(31)32)16-21(19)27(29)30)10-6-18-8-12-24(34-2)26(14-18)36-4/h5-16H,1-4H3. The van der Waals surface area contributed by atoms with Crippen LogP contribution in [0.15, 0.2) is 48.5 Å². The van der Waals surface area contributed by atoms with E-state index in [1.165, 1.54) is 46.7 Å². The van der Waals surface area contributed by atoms with Gasteiger partial charge in [0.25, 0.3) is 11.4 Å². The van der Waals surface area contributed by atoms with Gasteiger partial charge in [0.1, 0.15) is 0 Å². The van der Waals surface area contributed by atoms with Crippen LogP contribution in [-0.2, 0) is 0 Å². The topological polar surface area (TPSA) is 123 Å². The summed E-state index contributed by atoms with van der Waals surface area (Å²) in [5.41, 5.74) is 1.02. The van der Waals surface area contributed by atoms with Crippen LogP contribution in [0.3, 0.4) is 0 Å². The van der Waals surface area contributed by atoms with Crippen molar-refractivity contribution in [2.24, 2.45) is 0 Å². The van der Waals surface area contributed by atoms with E-state index in [1.54, 1.807) is 48.6 Å². The van der Waals surface area contributed by atoms with Crippen molar-refractivity contribution in [1.82, 2.24) is 0 Å². The number of benzene rings is 3. The monoisotopic (exact) mass is 492 g/mol. The van der Waals surface area contributed by atoms with Gasteiger partial charge in [-0.05, 0) is 53.6 Å². The first-order valence-corrected chi connectivity index (χ1v) is 10.6. The number of rotatable bonds is 10. The molecule has 0 radical (unpaired) electrons. The van der Waals surface area contributed by atoms with E-state index >= 15 is 0 Å². The van der Waals surface area contributed by atoms with E-state index in [0.29, 0.717) is 34.1 Å². The molecule has 10 nitrogen and oxygen atoms in total. The fourth-order valence-corrected chi connectivity index (χ4v) is 3.48. The number of hydrogen-bond donors (Lipinski definition) is 0. The SMILES string of the molecule is COc1ccc(C=Cc2cc(C=Cc3ccc(OC)c(OC)c3)c([N+](=O)[O-])cc2[N+](=O)[O-])cc1OC. The summed E-state index contributed by atoms with van der Waals surface area (Å²) in [6, 6.07) is 12.7. The summed E-state index contributed by atoms with van der Waals surface area (Å²) >= 11 is 0. The van der Waals surface area contributed by atoms with Gasteiger partial charge in [-0.15, -0.1) is 0 Å². The summed E-state index contributed by atoms with van der Waals surface area (Å²) in [7, 11) is 6.04. The molecule has 10 heteroatoms. The van der Waals surface area contributed by atoms with Crippen LogP contribution in [0.2, 0.25) is 0 Å². The van der Waals surface area contributed by atoms with E-state index in [2.05, 4.69) is 0 Å². The molecule has 0 amide bonds. The number of hydrogen-bond acceptors (Lipinski definition) is 8. The molecule has 186 valence electrons. The third-order valence-electron chi connectivity index (χ3n) is 5.30. The van der Waals surface area contributed by atoms with Crippen LogP contribution in [0, 0.1) is 20.2 Å². The van der Waals surface area contributed by atoms with Gasteiger partial charge in [0.15, 0.2) is 23.0 Å². The molecule has 0 heterocycles. The molecule has 0 aliphatic heterocycles. The van der Waals surface area contributed by atoms with E-state index in [4.69, 9.17) is 18.9 Å². The van der Waals surface area contributed by atoms with Crippen LogP contribution in [0.1, 0.15) is 22.3 Å². The molecule has 0 saturated heterocycles. The van der Waals surface area contributed by atoms with Crippen LogP contribution >= 0.6 is 0 Å². The van der Waals surface area contributed by atoms with E-state index in [0.717, 1.165) is 6.07 Å². The molecule has 0 aliphatic carbocycles. The van der Waals surface area contributed by atoms with Crippen molar-refractivity contribution in [2.45, 2.75) is 0 Å². The largest absolute Gasteiger partial charge is 0.493 e. The van der Waals surface area contributed by atoms with Crippen LogP contribution in [0.25, 0.3) is 24.3 Å². The van der Waals surface area contributed by atoms with Gasteiger partial charge in [-0.25, -0.2) is 0 Å². The lowest BCUT2D eigenvalue weighted by Gasteiger charge is -2.08. The van der Waals surface area contributed by atoms with Crippen molar-refractivity contribution in [3.8, 4) is 23.0 Å². The third-order valence-corrected chi connectivity index (χ3v) is 5.30. The highest BCUT2D eigenvalue weighted by atomic mass is 16.6.